The Bertz CT molecular complexity index is 3530. The molecule has 0 radical (unpaired) electrons. The highest BCUT2D eigenvalue weighted by Gasteiger charge is 2.34. The first-order valence-electron chi connectivity index (χ1n) is 23.3. The average Bonchev–Trinajstić information content (AvgIpc) is 4.24. The molecule has 3 N–H and O–H groups in total. The first kappa shape index (κ1) is 57.2. The molecular formula is C49H48Cl4N6O10S6. The number of hydrogen-bond acceptors (Lipinski definition) is 14. The van der Waals surface area contributed by atoms with Crippen LogP contribution in [0.1, 0.15) is 73.4 Å². The Hall–Kier alpha value is -4.01. The van der Waals surface area contributed by atoms with E-state index in [0.29, 0.717) is 62.8 Å². The third kappa shape index (κ3) is 14.2. The molecule has 2 aromatic heterocycles. The number of anilines is 2. The van der Waals surface area contributed by atoms with E-state index in [2.05, 4.69) is 19.4 Å². The molecule has 1 aliphatic carbocycles. The number of benzene rings is 4. The predicted octanol–water partition coefficient (Wildman–Crippen LogP) is 11.3. The van der Waals surface area contributed by atoms with Crippen LogP contribution in [0.5, 0.6) is 0 Å². The summed E-state index contributed by atoms with van der Waals surface area (Å²) in [5, 5.41) is 11.5. The number of sulfonamides is 4. The fourth-order valence-electron chi connectivity index (χ4n) is 8.08. The SMILES string of the molecule is O=Cc1cc(NS(=O)(=O)c2ccc(Cl)cc2Cl)ncc1Sc1ccc(S(=O)(=O)N2CCCCC2)cc1.O=S(=O)(Nc1cc(C(O)C2CC2)c(Sc2ccc(S(=O)(=O)N3CCCCC3)cc2)cn1)c1ccc(Cl)cc1Cl. The summed E-state index contributed by atoms with van der Waals surface area (Å²) in [6.07, 6.45) is 9.93. The third-order valence-electron chi connectivity index (χ3n) is 12.2. The van der Waals surface area contributed by atoms with E-state index >= 15 is 0 Å². The zero-order valence-electron chi connectivity index (χ0n) is 39.5. The van der Waals surface area contributed by atoms with E-state index in [9.17, 15) is 43.6 Å². The van der Waals surface area contributed by atoms with Gasteiger partial charge in [0.25, 0.3) is 20.0 Å². The first-order chi connectivity index (χ1) is 35.6. The molecule has 2 saturated heterocycles. The van der Waals surface area contributed by atoms with Gasteiger partial charge in [0.2, 0.25) is 20.0 Å². The maximum absolute atomic E-state index is 13.0. The molecule has 26 heteroatoms. The minimum Gasteiger partial charge on any atom is -0.388 e. The largest absolute Gasteiger partial charge is 0.388 e. The highest BCUT2D eigenvalue weighted by atomic mass is 35.5. The van der Waals surface area contributed by atoms with Crippen molar-refractivity contribution in [3.05, 3.63) is 141 Å². The maximum atomic E-state index is 13.0. The molecule has 3 aliphatic rings. The van der Waals surface area contributed by atoms with Gasteiger partial charge in [0.05, 0.1) is 25.9 Å². The number of halogens is 4. The van der Waals surface area contributed by atoms with Crippen LogP contribution in [0.4, 0.5) is 11.6 Å². The Labute approximate surface area is 465 Å². The Morgan fingerprint density at radius 3 is 1.39 bits per heavy atom. The van der Waals surface area contributed by atoms with E-state index < -0.39 is 46.2 Å². The monoisotopic (exact) mass is 1210 g/mol. The number of carbonyl (C=O) groups excluding carboxylic acids is 1. The van der Waals surface area contributed by atoms with Gasteiger partial charge in [0, 0.05) is 73.8 Å². The topological polar surface area (TPSA) is 230 Å². The van der Waals surface area contributed by atoms with E-state index in [1.54, 1.807) is 48.5 Å². The number of aliphatic hydroxyl groups excluding tert-OH is 1. The minimum atomic E-state index is -4.07. The summed E-state index contributed by atoms with van der Waals surface area (Å²) in [4.78, 5) is 22.8. The standard InChI is InChI=1S/C26H27Cl2N3O5S3.C23H21Cl2N3O5S3/c27-18-6-11-24(22(28)14-18)38(33,34)30-25-15-21(26(32)17-4-5-17)23(16-29-25)37-19-7-9-20(10-8-19)39(35,36)31-12-2-1-3-13-31;24-17-4-9-22(20(25)13-17)35(30,31)27-23-12-16(15-29)21(14-26-23)34-18-5-7-19(8-6-18)36(32,33)28-10-2-1-3-11-28/h6-11,14-17,26,32H,1-5,12-13H2,(H,29,30);4-9,12-15H,1-3,10-11H2,(H,26,27). The van der Waals surface area contributed by atoms with Crippen LogP contribution >= 0.6 is 69.9 Å². The molecule has 398 valence electrons. The molecule has 1 unspecified atom stereocenters. The summed E-state index contributed by atoms with van der Waals surface area (Å²) in [6.45, 7) is 2.11. The summed E-state index contributed by atoms with van der Waals surface area (Å²) < 4.78 is 111. The molecule has 1 saturated carbocycles. The number of pyridine rings is 2. The molecule has 9 rings (SSSR count). The second-order valence-corrected chi connectivity index (χ2v) is 28.6. The van der Waals surface area contributed by atoms with Crippen molar-refractivity contribution in [3.63, 3.8) is 0 Å². The lowest BCUT2D eigenvalue weighted by Crippen LogP contribution is -2.35. The van der Waals surface area contributed by atoms with Gasteiger partial charge in [-0.05, 0) is 147 Å². The summed E-state index contributed by atoms with van der Waals surface area (Å²) in [5.74, 6) is 0.0671. The van der Waals surface area contributed by atoms with Crippen molar-refractivity contribution in [1.29, 1.82) is 0 Å². The van der Waals surface area contributed by atoms with Crippen molar-refractivity contribution >= 4 is 128 Å². The lowest BCUT2D eigenvalue weighted by Gasteiger charge is -2.25. The van der Waals surface area contributed by atoms with Crippen molar-refractivity contribution in [2.24, 2.45) is 5.92 Å². The van der Waals surface area contributed by atoms with Crippen LogP contribution in [0.2, 0.25) is 20.1 Å². The Kier molecular flexibility index (Phi) is 18.6. The average molecular weight is 1220 g/mol. The van der Waals surface area contributed by atoms with Crippen LogP contribution in [-0.4, -0.2) is 89.8 Å². The van der Waals surface area contributed by atoms with Crippen molar-refractivity contribution in [2.45, 2.75) is 96.6 Å². The predicted molar refractivity (Wildman–Crippen MR) is 292 cm³/mol. The number of piperidine rings is 2. The van der Waals surface area contributed by atoms with Gasteiger partial charge in [0.1, 0.15) is 21.4 Å². The number of aldehydes is 1. The van der Waals surface area contributed by atoms with E-state index in [1.165, 1.54) is 93.1 Å². The molecule has 0 bridgehead atoms. The molecule has 4 heterocycles. The van der Waals surface area contributed by atoms with E-state index in [4.69, 9.17) is 46.4 Å². The van der Waals surface area contributed by atoms with E-state index in [0.717, 1.165) is 56.3 Å². The van der Waals surface area contributed by atoms with Crippen molar-refractivity contribution in [3.8, 4) is 0 Å². The fourth-order valence-corrected chi connectivity index (χ4v) is 16.4. The van der Waals surface area contributed by atoms with Crippen LogP contribution < -0.4 is 9.44 Å². The number of carbonyl (C=O) groups is 1. The summed E-state index contributed by atoms with van der Waals surface area (Å²) >= 11 is 26.4. The minimum absolute atomic E-state index is 0.0221. The second kappa shape index (κ2) is 24.3. The van der Waals surface area contributed by atoms with E-state index in [-0.39, 0.29) is 52.7 Å². The normalized spacial score (nSPS) is 16.3. The molecule has 6 aromatic rings. The van der Waals surface area contributed by atoms with Gasteiger partial charge in [-0.1, -0.05) is 82.8 Å². The molecule has 16 nitrogen and oxygen atoms in total. The first-order valence-corrected chi connectivity index (χ1v) is 32.3. The number of hydrogen-bond donors (Lipinski definition) is 3. The van der Waals surface area contributed by atoms with Crippen molar-refractivity contribution < 1.29 is 43.6 Å². The van der Waals surface area contributed by atoms with Gasteiger partial charge in [-0.3, -0.25) is 14.2 Å². The fraction of sp³-hybridized carbons (Fsp3) is 0.286. The number of aromatic nitrogens is 2. The number of rotatable bonds is 17. The van der Waals surface area contributed by atoms with Gasteiger partial charge in [-0.15, -0.1) is 0 Å². The van der Waals surface area contributed by atoms with Gasteiger partial charge >= 0.3 is 0 Å². The summed E-state index contributed by atoms with van der Waals surface area (Å²) in [6, 6.07) is 24.0. The summed E-state index contributed by atoms with van der Waals surface area (Å²) in [7, 11) is -15.2. The summed E-state index contributed by atoms with van der Waals surface area (Å²) in [5.41, 5.74) is 0.752. The smallest absolute Gasteiger partial charge is 0.264 e. The van der Waals surface area contributed by atoms with Crippen LogP contribution in [-0.2, 0) is 40.1 Å². The van der Waals surface area contributed by atoms with Gasteiger partial charge in [-0.2, -0.15) is 8.61 Å². The molecule has 1 atom stereocenters. The van der Waals surface area contributed by atoms with Crippen molar-refractivity contribution in [1.82, 2.24) is 18.6 Å². The van der Waals surface area contributed by atoms with Crippen LogP contribution in [0.25, 0.3) is 0 Å². The van der Waals surface area contributed by atoms with Crippen LogP contribution in [0.15, 0.2) is 149 Å². The lowest BCUT2D eigenvalue weighted by molar-refractivity contribution is 0.112. The Balaban J connectivity index is 0.000000200. The maximum Gasteiger partial charge on any atom is 0.264 e. The molecule has 3 fully saturated rings. The van der Waals surface area contributed by atoms with E-state index in [1.807, 2.05) is 0 Å². The molecule has 4 aromatic carbocycles. The number of aliphatic hydroxyl groups is 1. The molecular weight excluding hydrogens is 1170 g/mol. The Morgan fingerprint density at radius 1 is 0.560 bits per heavy atom. The zero-order valence-corrected chi connectivity index (χ0v) is 47.4. The molecule has 0 spiro atoms. The lowest BCUT2D eigenvalue weighted by atomic mass is 10.1. The van der Waals surface area contributed by atoms with Crippen molar-refractivity contribution in [2.75, 3.05) is 35.6 Å². The quantitative estimate of drug-likeness (QED) is 0.0722. The number of nitrogens with zero attached hydrogens (tertiary/aromatic N) is 4. The highest BCUT2D eigenvalue weighted by molar-refractivity contribution is 7.99. The highest BCUT2D eigenvalue weighted by Crippen LogP contribution is 2.45. The van der Waals surface area contributed by atoms with Crippen LogP contribution in [0, 0.1) is 5.92 Å². The molecule has 0 amide bonds. The molecule has 2 aliphatic heterocycles. The Morgan fingerprint density at radius 2 is 0.973 bits per heavy atom. The number of nitrogens with one attached hydrogen (secondary N) is 2. The van der Waals surface area contributed by atoms with Gasteiger partial charge < -0.3 is 5.11 Å². The van der Waals surface area contributed by atoms with Crippen LogP contribution in [0.3, 0.4) is 0 Å². The third-order valence-corrected chi connectivity index (χ3v) is 22.3. The zero-order chi connectivity index (χ0) is 53.7. The van der Waals surface area contributed by atoms with Gasteiger partial charge in [0.15, 0.2) is 6.29 Å². The molecule has 75 heavy (non-hydrogen) atoms. The second-order valence-electron chi connectivity index (χ2n) is 17.6. The van der Waals surface area contributed by atoms with Gasteiger partial charge in [-0.25, -0.2) is 43.6 Å².